The van der Waals surface area contributed by atoms with Crippen molar-refractivity contribution in [2.45, 2.75) is 51.1 Å². The van der Waals surface area contributed by atoms with Crippen molar-refractivity contribution in [2.24, 2.45) is 0 Å². The zero-order valence-electron chi connectivity index (χ0n) is 17.0. The quantitative estimate of drug-likeness (QED) is 0.535. The van der Waals surface area contributed by atoms with Gasteiger partial charge in [0.2, 0.25) is 11.8 Å². The van der Waals surface area contributed by atoms with E-state index in [4.69, 9.17) is 0 Å². The van der Waals surface area contributed by atoms with E-state index in [1.807, 2.05) is 29.0 Å². The highest BCUT2D eigenvalue weighted by molar-refractivity contribution is 7.10. The van der Waals surface area contributed by atoms with Crippen LogP contribution in [0.1, 0.15) is 64.7 Å². The third kappa shape index (κ3) is 4.99. The molecule has 2 N–H and O–H groups in total. The predicted molar refractivity (Wildman–Crippen MR) is 123 cm³/mol. The van der Waals surface area contributed by atoms with Crippen LogP contribution in [0.15, 0.2) is 53.2 Å². The van der Waals surface area contributed by atoms with Crippen molar-refractivity contribution < 1.29 is 9.59 Å². The third-order valence-electron chi connectivity index (χ3n) is 5.49. The van der Waals surface area contributed by atoms with Gasteiger partial charge in [-0.25, -0.2) is 0 Å². The molecule has 0 saturated carbocycles. The summed E-state index contributed by atoms with van der Waals surface area (Å²) in [7, 11) is 0. The van der Waals surface area contributed by atoms with E-state index in [9.17, 15) is 9.59 Å². The Labute approximate surface area is 185 Å². The summed E-state index contributed by atoms with van der Waals surface area (Å²) >= 11 is 3.20. The highest BCUT2D eigenvalue weighted by atomic mass is 32.1. The third-order valence-corrected chi connectivity index (χ3v) is 7.42. The molecule has 1 aliphatic carbocycles. The Hall–Kier alpha value is -2.44. The van der Waals surface area contributed by atoms with Crippen LogP contribution in [0, 0.1) is 0 Å². The summed E-state index contributed by atoms with van der Waals surface area (Å²) in [6, 6.07) is 14.1. The number of carbonyl (C=O) groups is 2. The average Bonchev–Trinajstić information content (AvgIpc) is 3.45. The minimum absolute atomic E-state index is 0.0710. The highest BCUT2D eigenvalue weighted by Gasteiger charge is 2.23. The summed E-state index contributed by atoms with van der Waals surface area (Å²) in [4.78, 5) is 26.8. The summed E-state index contributed by atoms with van der Waals surface area (Å²) in [5.74, 6) is -0.205. The van der Waals surface area contributed by atoms with Gasteiger partial charge in [0, 0.05) is 16.7 Å². The van der Waals surface area contributed by atoms with Gasteiger partial charge in [-0.1, -0.05) is 30.3 Å². The van der Waals surface area contributed by atoms with Gasteiger partial charge in [-0.2, -0.15) is 0 Å². The van der Waals surface area contributed by atoms with Crippen LogP contribution in [0.2, 0.25) is 0 Å². The number of thiophene rings is 2. The second kappa shape index (κ2) is 9.58. The lowest BCUT2D eigenvalue weighted by Crippen LogP contribution is -2.34. The van der Waals surface area contributed by atoms with E-state index in [1.54, 1.807) is 22.7 Å². The van der Waals surface area contributed by atoms with Crippen molar-refractivity contribution in [3.8, 4) is 0 Å². The van der Waals surface area contributed by atoms with Gasteiger partial charge in [-0.05, 0) is 65.3 Å². The molecule has 4 nitrogen and oxygen atoms in total. The largest absolute Gasteiger partial charge is 0.348 e. The molecule has 0 fully saturated rings. The number of aryl methyl sites for hydroxylation is 2. The number of fused-ring (bicyclic) bond motifs is 1. The van der Waals surface area contributed by atoms with E-state index in [2.05, 4.69) is 34.9 Å². The Morgan fingerprint density at radius 3 is 2.30 bits per heavy atom. The molecular weight excluding hydrogens is 412 g/mol. The Kier molecular flexibility index (Phi) is 6.65. The number of benzene rings is 1. The first kappa shape index (κ1) is 20.8. The van der Waals surface area contributed by atoms with E-state index < -0.39 is 0 Å². The van der Waals surface area contributed by atoms with Crippen LogP contribution in [0.4, 0.5) is 0 Å². The van der Waals surface area contributed by atoms with Gasteiger partial charge in [0.1, 0.15) is 0 Å². The summed E-state index contributed by atoms with van der Waals surface area (Å²) in [5, 5.41) is 10.2. The maximum Gasteiger partial charge on any atom is 0.223 e. The molecule has 0 spiro atoms. The minimum Gasteiger partial charge on any atom is -0.348 e. The molecule has 0 aliphatic heterocycles. The molecule has 2 heterocycles. The van der Waals surface area contributed by atoms with Crippen LogP contribution in [0.25, 0.3) is 0 Å². The lowest BCUT2D eigenvalue weighted by atomic mass is 9.89. The van der Waals surface area contributed by atoms with Gasteiger partial charge in [0.25, 0.3) is 0 Å². The maximum absolute atomic E-state index is 13.0. The molecule has 1 aliphatic rings. The standard InChI is InChI=1S/C24H26N2O2S2/c1-16(27)25-20(21-8-4-12-29-21)15-23(28)26-24(22-9-5-13-30-22)19-11-10-17-6-2-3-7-18(17)14-19/h4-5,8-14,20,24H,2-3,6-7,15H2,1H3,(H,25,27)(H,26,28)/t20-,24-/m1/s1. The first-order chi connectivity index (χ1) is 14.6. The van der Waals surface area contributed by atoms with Gasteiger partial charge < -0.3 is 10.6 Å². The molecule has 0 saturated heterocycles. The SMILES string of the molecule is CC(=O)N[C@H](CC(=O)N[C@H](c1ccc2c(c1)CCCC2)c1cccs1)c1cccs1. The van der Waals surface area contributed by atoms with Crippen molar-refractivity contribution in [1.82, 2.24) is 10.6 Å². The van der Waals surface area contributed by atoms with Crippen molar-refractivity contribution in [3.63, 3.8) is 0 Å². The summed E-state index contributed by atoms with van der Waals surface area (Å²) in [6.45, 7) is 1.49. The van der Waals surface area contributed by atoms with Crippen LogP contribution in [-0.4, -0.2) is 11.8 Å². The summed E-state index contributed by atoms with van der Waals surface area (Å²) in [5.41, 5.74) is 3.97. The summed E-state index contributed by atoms with van der Waals surface area (Å²) < 4.78 is 0. The second-order valence-electron chi connectivity index (χ2n) is 7.72. The number of amides is 2. The Morgan fingerprint density at radius 2 is 1.63 bits per heavy atom. The molecule has 0 bridgehead atoms. The zero-order chi connectivity index (χ0) is 20.9. The smallest absolute Gasteiger partial charge is 0.223 e. The van der Waals surface area contributed by atoms with Crippen molar-refractivity contribution in [1.29, 1.82) is 0 Å². The highest BCUT2D eigenvalue weighted by Crippen LogP contribution is 2.31. The van der Waals surface area contributed by atoms with Crippen LogP contribution >= 0.6 is 22.7 Å². The molecule has 2 amide bonds. The predicted octanol–water partition coefficient (Wildman–Crippen LogP) is 5.16. The van der Waals surface area contributed by atoms with Crippen LogP contribution in [0.3, 0.4) is 0 Å². The Balaban J connectivity index is 1.55. The number of hydrogen-bond acceptors (Lipinski definition) is 4. The molecule has 2 atom stereocenters. The number of nitrogens with one attached hydrogen (secondary N) is 2. The lowest BCUT2D eigenvalue weighted by Gasteiger charge is -2.23. The molecule has 156 valence electrons. The van der Waals surface area contributed by atoms with Crippen LogP contribution in [0.5, 0.6) is 0 Å². The van der Waals surface area contributed by atoms with E-state index in [1.165, 1.54) is 30.9 Å². The zero-order valence-corrected chi connectivity index (χ0v) is 18.7. The van der Waals surface area contributed by atoms with E-state index >= 15 is 0 Å². The van der Waals surface area contributed by atoms with E-state index in [0.717, 1.165) is 28.2 Å². The first-order valence-electron chi connectivity index (χ1n) is 10.3. The Bertz CT molecular complexity index is 996. The fourth-order valence-electron chi connectivity index (χ4n) is 4.07. The van der Waals surface area contributed by atoms with Crippen molar-refractivity contribution in [3.05, 3.63) is 79.7 Å². The van der Waals surface area contributed by atoms with Crippen LogP contribution < -0.4 is 10.6 Å². The maximum atomic E-state index is 13.0. The topological polar surface area (TPSA) is 58.2 Å². The van der Waals surface area contributed by atoms with Gasteiger partial charge in [0.15, 0.2) is 0 Å². The minimum atomic E-state index is -0.310. The van der Waals surface area contributed by atoms with E-state index in [-0.39, 0.29) is 30.3 Å². The van der Waals surface area contributed by atoms with Gasteiger partial charge in [0.05, 0.1) is 18.5 Å². The molecule has 2 aromatic heterocycles. The molecule has 1 aromatic carbocycles. The Morgan fingerprint density at radius 1 is 0.933 bits per heavy atom. The molecule has 3 aromatic rings. The molecule has 0 unspecified atom stereocenters. The van der Waals surface area contributed by atoms with Gasteiger partial charge in [-0.15, -0.1) is 22.7 Å². The number of carbonyl (C=O) groups excluding carboxylic acids is 2. The molecular formula is C24H26N2O2S2. The average molecular weight is 439 g/mol. The molecule has 0 radical (unpaired) electrons. The first-order valence-corrected chi connectivity index (χ1v) is 12.1. The summed E-state index contributed by atoms with van der Waals surface area (Å²) in [6.07, 6.45) is 4.95. The number of hydrogen-bond donors (Lipinski definition) is 2. The van der Waals surface area contributed by atoms with Crippen LogP contribution in [-0.2, 0) is 22.4 Å². The molecule has 4 rings (SSSR count). The van der Waals surface area contributed by atoms with E-state index in [0.29, 0.717) is 0 Å². The molecule has 6 heteroatoms. The van der Waals surface area contributed by atoms with Gasteiger partial charge in [-0.3, -0.25) is 9.59 Å². The van der Waals surface area contributed by atoms with Gasteiger partial charge >= 0.3 is 0 Å². The second-order valence-corrected chi connectivity index (χ2v) is 9.68. The fraction of sp³-hybridized carbons (Fsp3) is 0.333. The fourth-order valence-corrected chi connectivity index (χ4v) is 5.65. The lowest BCUT2D eigenvalue weighted by molar-refractivity contribution is -0.123. The van der Waals surface area contributed by atoms with Crippen molar-refractivity contribution >= 4 is 34.5 Å². The monoisotopic (exact) mass is 438 g/mol. The number of rotatable bonds is 7. The van der Waals surface area contributed by atoms with Crippen molar-refractivity contribution in [2.75, 3.05) is 0 Å². The molecule has 30 heavy (non-hydrogen) atoms. The normalized spacial score (nSPS) is 15.1.